The molecular formula is C21H22N4O2. The number of nitrogens with zero attached hydrogens (tertiary/aromatic N) is 4. The van der Waals surface area contributed by atoms with Crippen molar-refractivity contribution < 1.29 is 9.90 Å². The topological polar surface area (TPSA) is 79.2 Å². The SMILES string of the molecule is C[C@H](CO)CN(Cc1ccccc1)C(=O)c1cnc(-c2ccccn2)nc1. The molecule has 138 valence electrons. The first kappa shape index (κ1) is 18.7. The van der Waals surface area contributed by atoms with Crippen LogP contribution >= 0.6 is 0 Å². The van der Waals surface area contributed by atoms with Crippen molar-refractivity contribution >= 4 is 5.91 Å². The van der Waals surface area contributed by atoms with E-state index in [-0.39, 0.29) is 18.4 Å². The smallest absolute Gasteiger partial charge is 0.257 e. The summed E-state index contributed by atoms with van der Waals surface area (Å²) in [4.78, 5) is 27.5. The van der Waals surface area contributed by atoms with Crippen molar-refractivity contribution in [2.45, 2.75) is 13.5 Å². The third-order valence-corrected chi connectivity index (χ3v) is 4.14. The van der Waals surface area contributed by atoms with Gasteiger partial charge in [0.25, 0.3) is 5.91 Å². The summed E-state index contributed by atoms with van der Waals surface area (Å²) in [5.74, 6) is 0.295. The Balaban J connectivity index is 1.80. The minimum atomic E-state index is -0.160. The standard InChI is InChI=1S/C21H22N4O2/c1-16(15-26)13-25(14-17-7-3-2-4-8-17)21(27)18-11-23-20(24-12-18)19-9-5-6-10-22-19/h2-12,16,26H,13-15H2,1H3/t16-/m0/s1. The van der Waals surface area contributed by atoms with Gasteiger partial charge in [-0.15, -0.1) is 0 Å². The van der Waals surface area contributed by atoms with E-state index in [1.165, 1.54) is 12.4 Å². The molecule has 2 heterocycles. The maximum absolute atomic E-state index is 13.0. The highest BCUT2D eigenvalue weighted by Gasteiger charge is 2.19. The number of aliphatic hydroxyl groups excluding tert-OH is 1. The number of pyridine rings is 1. The Morgan fingerprint density at radius 1 is 1.04 bits per heavy atom. The summed E-state index contributed by atoms with van der Waals surface area (Å²) in [6.45, 7) is 2.85. The van der Waals surface area contributed by atoms with Gasteiger partial charge in [0.05, 0.1) is 5.56 Å². The van der Waals surface area contributed by atoms with Crippen LogP contribution in [-0.4, -0.2) is 44.0 Å². The van der Waals surface area contributed by atoms with Crippen LogP contribution in [-0.2, 0) is 6.54 Å². The van der Waals surface area contributed by atoms with Crippen LogP contribution in [0.3, 0.4) is 0 Å². The first-order valence-electron chi connectivity index (χ1n) is 8.85. The summed E-state index contributed by atoms with van der Waals surface area (Å²) in [5, 5.41) is 9.39. The van der Waals surface area contributed by atoms with Gasteiger partial charge in [-0.2, -0.15) is 0 Å². The molecule has 3 rings (SSSR count). The Kier molecular flexibility index (Phi) is 6.22. The lowest BCUT2D eigenvalue weighted by atomic mass is 10.1. The third kappa shape index (κ3) is 4.95. The van der Waals surface area contributed by atoms with Crippen LogP contribution in [0, 0.1) is 5.92 Å². The molecule has 0 radical (unpaired) electrons. The molecule has 6 heteroatoms. The summed E-state index contributed by atoms with van der Waals surface area (Å²) in [6.07, 6.45) is 4.73. The normalized spacial score (nSPS) is 11.8. The van der Waals surface area contributed by atoms with Crippen molar-refractivity contribution in [3.8, 4) is 11.5 Å². The number of amides is 1. The number of hydrogen-bond acceptors (Lipinski definition) is 5. The second kappa shape index (κ2) is 9.00. The molecule has 1 aromatic carbocycles. The van der Waals surface area contributed by atoms with Gasteiger partial charge in [-0.1, -0.05) is 43.3 Å². The zero-order valence-corrected chi connectivity index (χ0v) is 15.2. The molecule has 27 heavy (non-hydrogen) atoms. The molecule has 0 bridgehead atoms. The molecule has 1 amide bonds. The van der Waals surface area contributed by atoms with Gasteiger partial charge in [-0.25, -0.2) is 9.97 Å². The molecule has 0 spiro atoms. The molecule has 0 saturated heterocycles. The van der Waals surface area contributed by atoms with Crippen LogP contribution < -0.4 is 0 Å². The van der Waals surface area contributed by atoms with E-state index in [9.17, 15) is 9.90 Å². The molecule has 0 aliphatic carbocycles. The monoisotopic (exact) mass is 362 g/mol. The number of aliphatic hydroxyl groups is 1. The summed E-state index contributed by atoms with van der Waals surface area (Å²) in [6, 6.07) is 15.3. The fourth-order valence-electron chi connectivity index (χ4n) is 2.71. The molecule has 0 aliphatic heterocycles. The Bertz CT molecular complexity index is 854. The van der Waals surface area contributed by atoms with E-state index < -0.39 is 0 Å². The van der Waals surface area contributed by atoms with Crippen molar-refractivity contribution in [1.82, 2.24) is 19.9 Å². The van der Waals surface area contributed by atoms with Crippen LogP contribution in [0.15, 0.2) is 67.1 Å². The second-order valence-electron chi connectivity index (χ2n) is 6.47. The fourth-order valence-corrected chi connectivity index (χ4v) is 2.71. The lowest BCUT2D eigenvalue weighted by Gasteiger charge is -2.25. The van der Waals surface area contributed by atoms with Crippen molar-refractivity contribution in [2.24, 2.45) is 5.92 Å². The zero-order chi connectivity index (χ0) is 19.1. The number of rotatable bonds is 7. The highest BCUT2D eigenvalue weighted by atomic mass is 16.3. The number of aromatic nitrogens is 3. The van der Waals surface area contributed by atoms with Gasteiger partial charge in [-0.3, -0.25) is 9.78 Å². The first-order chi connectivity index (χ1) is 13.2. The van der Waals surface area contributed by atoms with Crippen molar-refractivity contribution in [3.05, 3.63) is 78.2 Å². The molecule has 0 saturated carbocycles. The molecule has 2 aromatic heterocycles. The summed E-state index contributed by atoms with van der Waals surface area (Å²) in [5.41, 5.74) is 2.10. The van der Waals surface area contributed by atoms with E-state index in [0.29, 0.717) is 30.2 Å². The van der Waals surface area contributed by atoms with Gasteiger partial charge >= 0.3 is 0 Å². The van der Waals surface area contributed by atoms with Crippen molar-refractivity contribution in [2.75, 3.05) is 13.2 Å². The largest absolute Gasteiger partial charge is 0.396 e. The molecule has 6 nitrogen and oxygen atoms in total. The Morgan fingerprint density at radius 2 is 1.74 bits per heavy atom. The fraction of sp³-hybridized carbons (Fsp3) is 0.238. The maximum Gasteiger partial charge on any atom is 0.257 e. The third-order valence-electron chi connectivity index (χ3n) is 4.14. The average molecular weight is 362 g/mol. The van der Waals surface area contributed by atoms with Crippen molar-refractivity contribution in [1.29, 1.82) is 0 Å². The van der Waals surface area contributed by atoms with Crippen LogP contribution in [0.25, 0.3) is 11.5 Å². The second-order valence-corrected chi connectivity index (χ2v) is 6.47. The number of carbonyl (C=O) groups excluding carboxylic acids is 1. The number of hydrogen-bond donors (Lipinski definition) is 1. The van der Waals surface area contributed by atoms with Crippen LogP contribution in [0.4, 0.5) is 0 Å². The highest BCUT2D eigenvalue weighted by molar-refractivity contribution is 5.93. The van der Waals surface area contributed by atoms with Crippen LogP contribution in [0.2, 0.25) is 0 Å². The van der Waals surface area contributed by atoms with Gasteiger partial charge in [0, 0.05) is 38.3 Å². The molecular weight excluding hydrogens is 340 g/mol. The van der Waals surface area contributed by atoms with Crippen LogP contribution in [0.1, 0.15) is 22.8 Å². The van der Waals surface area contributed by atoms with Crippen molar-refractivity contribution in [3.63, 3.8) is 0 Å². The lowest BCUT2D eigenvalue weighted by molar-refractivity contribution is 0.0693. The highest BCUT2D eigenvalue weighted by Crippen LogP contribution is 2.14. The predicted molar refractivity (Wildman–Crippen MR) is 103 cm³/mol. The molecule has 0 unspecified atom stereocenters. The summed E-state index contributed by atoms with van der Waals surface area (Å²) < 4.78 is 0. The van der Waals surface area contributed by atoms with Gasteiger partial charge in [0.1, 0.15) is 5.69 Å². The van der Waals surface area contributed by atoms with E-state index in [2.05, 4.69) is 15.0 Å². The summed E-state index contributed by atoms with van der Waals surface area (Å²) >= 11 is 0. The van der Waals surface area contributed by atoms with E-state index in [1.807, 2.05) is 55.5 Å². The molecule has 3 aromatic rings. The molecule has 0 aliphatic rings. The lowest BCUT2D eigenvalue weighted by Crippen LogP contribution is -2.35. The molecule has 0 fully saturated rings. The van der Waals surface area contributed by atoms with E-state index >= 15 is 0 Å². The summed E-state index contributed by atoms with van der Waals surface area (Å²) in [7, 11) is 0. The average Bonchev–Trinajstić information content (AvgIpc) is 2.74. The predicted octanol–water partition coefficient (Wildman–Crippen LogP) is 2.81. The van der Waals surface area contributed by atoms with Crippen LogP contribution in [0.5, 0.6) is 0 Å². The molecule has 1 N–H and O–H groups in total. The van der Waals surface area contributed by atoms with Gasteiger partial charge in [0.2, 0.25) is 0 Å². The Morgan fingerprint density at radius 3 is 2.37 bits per heavy atom. The quantitative estimate of drug-likeness (QED) is 0.699. The van der Waals surface area contributed by atoms with Gasteiger partial charge in [-0.05, 0) is 23.6 Å². The Labute approximate surface area is 158 Å². The minimum absolute atomic E-state index is 0.0215. The Hall–Kier alpha value is -3.12. The van der Waals surface area contributed by atoms with E-state index in [4.69, 9.17) is 0 Å². The number of carbonyl (C=O) groups is 1. The molecule has 1 atom stereocenters. The van der Waals surface area contributed by atoms with E-state index in [1.54, 1.807) is 11.1 Å². The van der Waals surface area contributed by atoms with Gasteiger partial charge < -0.3 is 10.0 Å². The van der Waals surface area contributed by atoms with Gasteiger partial charge in [0.15, 0.2) is 5.82 Å². The first-order valence-corrected chi connectivity index (χ1v) is 8.85. The zero-order valence-electron chi connectivity index (χ0n) is 15.2. The maximum atomic E-state index is 13.0. The number of benzene rings is 1. The van der Waals surface area contributed by atoms with E-state index in [0.717, 1.165) is 5.56 Å². The minimum Gasteiger partial charge on any atom is -0.396 e.